The minimum absolute atomic E-state index is 0.0140. The number of carbonyl (C=O) groups excluding carboxylic acids is 3. The molecule has 1 rings (SSSR count). The number of ether oxygens (including phenoxy) is 4. The Balaban J connectivity index is 3.26. The molecule has 0 N–H and O–H groups in total. The van der Waals surface area contributed by atoms with Crippen molar-refractivity contribution in [1.29, 1.82) is 0 Å². The molecule has 0 aliphatic heterocycles. The summed E-state index contributed by atoms with van der Waals surface area (Å²) in [5.41, 5.74) is 0. The molecule has 0 aromatic heterocycles. The summed E-state index contributed by atoms with van der Waals surface area (Å²) in [6.07, 6.45) is -0.0332. The summed E-state index contributed by atoms with van der Waals surface area (Å²) in [4.78, 5) is 35.8. The molecule has 0 bridgehead atoms. The summed E-state index contributed by atoms with van der Waals surface area (Å²) in [7, 11) is 3.54. The molecule has 0 unspecified atom stereocenters. The molecule has 7 nitrogen and oxygen atoms in total. The highest BCUT2D eigenvalue weighted by molar-refractivity contribution is 6.14. The first-order valence-electron chi connectivity index (χ1n) is 6.15. The van der Waals surface area contributed by atoms with Crippen molar-refractivity contribution in [2.75, 3.05) is 27.9 Å². The van der Waals surface area contributed by atoms with E-state index >= 15 is 0 Å². The van der Waals surface area contributed by atoms with Gasteiger partial charge in [0, 0.05) is 12.5 Å². The second-order valence-electron chi connectivity index (χ2n) is 3.99. The molecular formula is C14H17O7. The molecule has 1 aliphatic rings. The molecule has 1 fully saturated rings. The summed E-state index contributed by atoms with van der Waals surface area (Å²) < 4.78 is 19.4. The van der Waals surface area contributed by atoms with Crippen LogP contribution in [0.5, 0.6) is 0 Å². The largest absolute Gasteiger partial charge is 0.469 e. The highest BCUT2D eigenvalue weighted by Gasteiger charge is 2.62. The standard InChI is InChI=1S/C14H17O7/c1-6-21-11-9(13(16)19-4)7(2)8(12(15)18-3)10(11)14(17)20-5/h6H2,1-5H3. The number of methoxy groups -OCH3 is 3. The number of carbonyl (C=O) groups is 3. The van der Waals surface area contributed by atoms with Gasteiger partial charge in [-0.05, 0) is 6.92 Å². The molecule has 7 heteroatoms. The molecule has 21 heavy (non-hydrogen) atoms. The minimum Gasteiger partial charge on any atom is -0.469 e. The maximum Gasteiger partial charge on any atom is 0.317 e. The van der Waals surface area contributed by atoms with Crippen LogP contribution in [0.1, 0.15) is 13.8 Å². The van der Waals surface area contributed by atoms with Crippen LogP contribution in [0.3, 0.4) is 0 Å². The molecule has 5 radical (unpaired) electrons. The highest BCUT2D eigenvalue weighted by Crippen LogP contribution is 2.54. The monoisotopic (exact) mass is 297 g/mol. The SMILES string of the molecule is CCO[C]1[C](C(=O)OC)[C](C)[C](C(=O)OC)[C]1C(=O)OC. The Kier molecular flexibility index (Phi) is 6.14. The van der Waals surface area contributed by atoms with Gasteiger partial charge in [0.25, 0.3) is 0 Å². The van der Waals surface area contributed by atoms with Crippen LogP contribution in [0.25, 0.3) is 0 Å². The van der Waals surface area contributed by atoms with Gasteiger partial charge in [0.1, 0.15) is 23.9 Å². The lowest BCUT2D eigenvalue weighted by Crippen LogP contribution is -2.29. The van der Waals surface area contributed by atoms with Crippen LogP contribution in [0.2, 0.25) is 0 Å². The van der Waals surface area contributed by atoms with Gasteiger partial charge < -0.3 is 18.9 Å². The van der Waals surface area contributed by atoms with E-state index in [-0.39, 0.29) is 36.4 Å². The van der Waals surface area contributed by atoms with Crippen LogP contribution in [-0.4, -0.2) is 45.8 Å². The fourth-order valence-corrected chi connectivity index (χ4v) is 2.01. The molecule has 0 atom stereocenters. The fourth-order valence-electron chi connectivity index (χ4n) is 2.01. The van der Waals surface area contributed by atoms with Crippen molar-refractivity contribution in [3.8, 4) is 0 Å². The Morgan fingerprint density at radius 1 is 0.810 bits per heavy atom. The average Bonchev–Trinajstić information content (AvgIpc) is 2.78. The average molecular weight is 297 g/mol. The second-order valence-corrected chi connectivity index (χ2v) is 3.99. The van der Waals surface area contributed by atoms with Gasteiger partial charge in [-0.25, -0.2) is 0 Å². The van der Waals surface area contributed by atoms with E-state index in [2.05, 4.69) is 14.2 Å². The van der Waals surface area contributed by atoms with E-state index in [1.165, 1.54) is 28.3 Å². The zero-order valence-electron chi connectivity index (χ0n) is 12.6. The van der Waals surface area contributed by atoms with Gasteiger partial charge in [-0.3, -0.25) is 14.4 Å². The van der Waals surface area contributed by atoms with Crippen molar-refractivity contribution in [3.63, 3.8) is 0 Å². The van der Waals surface area contributed by atoms with Crippen LogP contribution in [0.15, 0.2) is 0 Å². The maximum absolute atomic E-state index is 12.0. The molecule has 1 aliphatic carbocycles. The summed E-state index contributed by atoms with van der Waals surface area (Å²) in [6.45, 7) is 3.38. The van der Waals surface area contributed by atoms with Crippen molar-refractivity contribution in [2.45, 2.75) is 13.8 Å². The zero-order chi connectivity index (χ0) is 16.2. The van der Waals surface area contributed by atoms with Crippen molar-refractivity contribution in [1.82, 2.24) is 0 Å². The van der Waals surface area contributed by atoms with Gasteiger partial charge in [-0.2, -0.15) is 0 Å². The maximum atomic E-state index is 12.0. The van der Waals surface area contributed by atoms with E-state index in [9.17, 15) is 14.4 Å². The number of hydrogen-bond donors (Lipinski definition) is 0. The summed E-state index contributed by atoms with van der Waals surface area (Å²) in [5, 5.41) is 0. The van der Waals surface area contributed by atoms with Crippen LogP contribution in [0, 0.1) is 29.8 Å². The number of esters is 3. The molecule has 0 aromatic rings. The Hall–Kier alpha value is -1.63. The first-order valence-corrected chi connectivity index (χ1v) is 6.15. The lowest BCUT2D eigenvalue weighted by molar-refractivity contribution is -0.143. The van der Waals surface area contributed by atoms with E-state index in [4.69, 9.17) is 4.74 Å². The lowest BCUT2D eigenvalue weighted by Gasteiger charge is -2.20. The van der Waals surface area contributed by atoms with Crippen LogP contribution < -0.4 is 0 Å². The third-order valence-corrected chi connectivity index (χ3v) is 2.91. The molecule has 0 heterocycles. The quantitative estimate of drug-likeness (QED) is 0.536. The van der Waals surface area contributed by atoms with Gasteiger partial charge in [-0.1, -0.05) is 6.92 Å². The van der Waals surface area contributed by atoms with Gasteiger partial charge in [0.15, 0.2) is 0 Å². The molecule has 0 spiro atoms. The molecule has 115 valence electrons. The Morgan fingerprint density at radius 3 is 1.67 bits per heavy atom. The smallest absolute Gasteiger partial charge is 0.317 e. The summed E-state index contributed by atoms with van der Waals surface area (Å²) in [5.74, 6) is -2.20. The third kappa shape index (κ3) is 3.18. The Bertz CT molecular complexity index is 406. The normalized spacial score (nSPS) is 18.7. The Labute approximate surface area is 123 Å². The molecular weight excluding hydrogens is 280 g/mol. The number of rotatable bonds is 5. The lowest BCUT2D eigenvalue weighted by atomic mass is 9.88. The van der Waals surface area contributed by atoms with Crippen molar-refractivity contribution < 1.29 is 33.3 Å². The van der Waals surface area contributed by atoms with Gasteiger partial charge in [0.2, 0.25) is 0 Å². The highest BCUT2D eigenvalue weighted by atomic mass is 16.5. The zero-order valence-corrected chi connectivity index (χ0v) is 12.6. The fraction of sp³-hybridized carbons (Fsp3) is 0.429. The van der Waals surface area contributed by atoms with Gasteiger partial charge >= 0.3 is 17.9 Å². The van der Waals surface area contributed by atoms with Crippen LogP contribution in [0.4, 0.5) is 0 Å². The topological polar surface area (TPSA) is 88.1 Å². The first-order chi connectivity index (χ1) is 9.94. The van der Waals surface area contributed by atoms with E-state index in [1.54, 1.807) is 6.92 Å². The predicted octanol–water partition coefficient (Wildman–Crippen LogP) is 0.405. The first kappa shape index (κ1) is 17.4. The van der Waals surface area contributed by atoms with Crippen LogP contribution in [-0.2, 0) is 33.3 Å². The van der Waals surface area contributed by atoms with Crippen molar-refractivity contribution >= 4 is 17.9 Å². The summed E-state index contributed by atoms with van der Waals surface area (Å²) in [6, 6.07) is 0. The molecule has 0 saturated heterocycles. The van der Waals surface area contributed by atoms with Crippen molar-refractivity contribution in [2.24, 2.45) is 0 Å². The van der Waals surface area contributed by atoms with Crippen molar-refractivity contribution in [3.05, 3.63) is 29.8 Å². The number of hydrogen-bond acceptors (Lipinski definition) is 7. The minimum atomic E-state index is -0.794. The van der Waals surface area contributed by atoms with E-state index in [1.807, 2.05) is 0 Å². The summed E-state index contributed by atoms with van der Waals surface area (Å²) >= 11 is 0. The second kappa shape index (κ2) is 7.40. The predicted molar refractivity (Wildman–Crippen MR) is 69.6 cm³/mol. The molecule has 1 saturated carbocycles. The molecule has 0 aromatic carbocycles. The van der Waals surface area contributed by atoms with E-state index in [0.717, 1.165) is 0 Å². The van der Waals surface area contributed by atoms with Gasteiger partial charge in [-0.15, -0.1) is 0 Å². The molecule has 0 amide bonds. The van der Waals surface area contributed by atoms with E-state index < -0.39 is 17.9 Å². The third-order valence-electron chi connectivity index (χ3n) is 2.91. The Morgan fingerprint density at radius 2 is 1.24 bits per heavy atom. The van der Waals surface area contributed by atoms with Crippen LogP contribution >= 0.6 is 0 Å². The van der Waals surface area contributed by atoms with Gasteiger partial charge in [0.05, 0.1) is 21.3 Å². The van der Waals surface area contributed by atoms with E-state index in [0.29, 0.717) is 0 Å².